The monoisotopic (exact) mass is 448 g/mol. The van der Waals surface area contributed by atoms with Crippen molar-refractivity contribution in [2.24, 2.45) is 0 Å². The second-order valence-corrected chi connectivity index (χ2v) is 6.76. The van der Waals surface area contributed by atoms with E-state index in [2.05, 4.69) is 15.9 Å². The van der Waals surface area contributed by atoms with Crippen LogP contribution in [0.3, 0.4) is 0 Å². The van der Waals surface area contributed by atoms with Crippen molar-refractivity contribution in [3.63, 3.8) is 0 Å². The van der Waals surface area contributed by atoms with E-state index in [9.17, 15) is 5.11 Å². The van der Waals surface area contributed by atoms with Crippen LogP contribution in [0.5, 0.6) is 11.5 Å². The molecule has 1 unspecified atom stereocenters. The third kappa shape index (κ3) is 6.61. The molecule has 0 aromatic heterocycles. The van der Waals surface area contributed by atoms with Crippen LogP contribution in [0, 0.1) is 0 Å². The van der Waals surface area contributed by atoms with Gasteiger partial charge in [-0.3, -0.25) is 4.90 Å². The molecule has 1 aliphatic heterocycles. The molecule has 8 heteroatoms. The highest BCUT2D eigenvalue weighted by molar-refractivity contribution is 6.32. The van der Waals surface area contributed by atoms with Crippen LogP contribution >= 0.6 is 36.4 Å². The van der Waals surface area contributed by atoms with Crippen molar-refractivity contribution in [1.29, 1.82) is 0 Å². The number of aliphatic hydroxyl groups excluding tert-OH is 1. The first kappa shape index (κ1) is 24.7. The van der Waals surface area contributed by atoms with Gasteiger partial charge in [-0.1, -0.05) is 35.9 Å². The number of nitrogens with zero attached hydrogens (tertiary/aromatic N) is 2. The van der Waals surface area contributed by atoms with Crippen molar-refractivity contribution in [2.75, 3.05) is 51.3 Å². The summed E-state index contributed by atoms with van der Waals surface area (Å²) in [6.45, 7) is 4.40. The summed E-state index contributed by atoms with van der Waals surface area (Å²) in [4.78, 5) is 4.58. The van der Waals surface area contributed by atoms with Gasteiger partial charge in [0, 0.05) is 32.7 Å². The number of hydrogen-bond donors (Lipinski definition) is 1. The SMILES string of the molecule is COc1ccccc1N1CCN(CC(O)COc2ccccc2Cl)CC1.Cl.Cl. The molecule has 1 N–H and O–H groups in total. The number of anilines is 1. The second-order valence-electron chi connectivity index (χ2n) is 6.35. The van der Waals surface area contributed by atoms with Crippen molar-refractivity contribution in [3.05, 3.63) is 53.6 Å². The first-order chi connectivity index (χ1) is 12.7. The molecule has 0 bridgehead atoms. The second kappa shape index (κ2) is 12.2. The Balaban J connectivity index is 0.00000196. The van der Waals surface area contributed by atoms with Gasteiger partial charge in [-0.15, -0.1) is 24.8 Å². The highest BCUT2D eigenvalue weighted by Gasteiger charge is 2.21. The summed E-state index contributed by atoms with van der Waals surface area (Å²) < 4.78 is 11.1. The maximum Gasteiger partial charge on any atom is 0.142 e. The van der Waals surface area contributed by atoms with E-state index in [0.29, 0.717) is 17.3 Å². The van der Waals surface area contributed by atoms with Crippen molar-refractivity contribution in [2.45, 2.75) is 6.10 Å². The Kier molecular flexibility index (Phi) is 10.8. The fourth-order valence-electron chi connectivity index (χ4n) is 3.16. The molecule has 1 heterocycles. The van der Waals surface area contributed by atoms with Crippen LogP contribution < -0.4 is 14.4 Å². The highest BCUT2D eigenvalue weighted by atomic mass is 35.5. The van der Waals surface area contributed by atoms with Crippen LogP contribution in [-0.2, 0) is 0 Å². The molecule has 0 spiro atoms. The van der Waals surface area contributed by atoms with Crippen LogP contribution in [-0.4, -0.2) is 62.6 Å². The Labute approximate surface area is 184 Å². The normalized spacial score (nSPS) is 15.2. The Morgan fingerprint density at radius 2 is 1.57 bits per heavy atom. The van der Waals surface area contributed by atoms with Gasteiger partial charge in [0.2, 0.25) is 0 Å². The van der Waals surface area contributed by atoms with Crippen LogP contribution in [0.4, 0.5) is 5.69 Å². The molecule has 1 atom stereocenters. The van der Waals surface area contributed by atoms with Crippen molar-refractivity contribution < 1.29 is 14.6 Å². The molecule has 0 amide bonds. The van der Waals surface area contributed by atoms with Crippen LogP contribution in [0.15, 0.2) is 48.5 Å². The van der Waals surface area contributed by atoms with Gasteiger partial charge in [0.05, 0.1) is 17.8 Å². The summed E-state index contributed by atoms with van der Waals surface area (Å²) in [6, 6.07) is 15.4. The van der Waals surface area contributed by atoms with E-state index in [1.807, 2.05) is 30.3 Å². The average Bonchev–Trinajstić information content (AvgIpc) is 2.68. The lowest BCUT2D eigenvalue weighted by Crippen LogP contribution is -2.49. The molecule has 1 saturated heterocycles. The van der Waals surface area contributed by atoms with Crippen LogP contribution in [0.25, 0.3) is 0 Å². The molecule has 5 nitrogen and oxygen atoms in total. The number of benzene rings is 2. The van der Waals surface area contributed by atoms with Gasteiger partial charge in [-0.05, 0) is 24.3 Å². The largest absolute Gasteiger partial charge is 0.495 e. The molecule has 3 rings (SSSR count). The number of hydrogen-bond acceptors (Lipinski definition) is 5. The number of ether oxygens (including phenoxy) is 2. The Morgan fingerprint density at radius 1 is 0.964 bits per heavy atom. The number of methoxy groups -OCH3 is 1. The van der Waals surface area contributed by atoms with Crippen LogP contribution in [0.2, 0.25) is 5.02 Å². The zero-order valence-electron chi connectivity index (χ0n) is 15.8. The molecule has 1 aliphatic rings. The van der Waals surface area contributed by atoms with Gasteiger partial charge in [0.15, 0.2) is 0 Å². The van der Waals surface area contributed by atoms with E-state index in [0.717, 1.165) is 37.6 Å². The van der Waals surface area contributed by atoms with Crippen molar-refractivity contribution in [3.8, 4) is 11.5 Å². The lowest BCUT2D eigenvalue weighted by Gasteiger charge is -2.37. The van der Waals surface area contributed by atoms with E-state index in [-0.39, 0.29) is 31.4 Å². The molecule has 28 heavy (non-hydrogen) atoms. The summed E-state index contributed by atoms with van der Waals surface area (Å²) in [6.07, 6.45) is -0.552. The standard InChI is InChI=1S/C20H25ClN2O3.2ClH/c1-25-20-9-5-3-7-18(20)23-12-10-22(11-13-23)14-16(24)15-26-19-8-4-2-6-17(19)21;;/h2-9,16,24H,10-15H2,1H3;2*1H. The Bertz CT molecular complexity index is 713. The average molecular weight is 450 g/mol. The molecule has 156 valence electrons. The zero-order valence-corrected chi connectivity index (χ0v) is 18.2. The van der Waals surface area contributed by atoms with Crippen LogP contribution in [0.1, 0.15) is 0 Å². The summed E-state index contributed by atoms with van der Waals surface area (Å²) in [5, 5.41) is 10.8. The van der Waals surface area contributed by atoms with Gasteiger partial charge < -0.3 is 19.5 Å². The van der Waals surface area contributed by atoms with Crippen molar-refractivity contribution >= 4 is 42.1 Å². The fourth-order valence-corrected chi connectivity index (χ4v) is 3.35. The minimum absolute atomic E-state index is 0. The summed E-state index contributed by atoms with van der Waals surface area (Å²) in [7, 11) is 1.70. The highest BCUT2D eigenvalue weighted by Crippen LogP contribution is 2.28. The molecule has 0 aliphatic carbocycles. The smallest absolute Gasteiger partial charge is 0.142 e. The zero-order chi connectivity index (χ0) is 18.4. The maximum absolute atomic E-state index is 10.3. The van der Waals surface area contributed by atoms with E-state index in [1.165, 1.54) is 0 Å². The predicted octanol–water partition coefficient (Wildman–Crippen LogP) is 3.75. The minimum atomic E-state index is -0.552. The Hall–Kier alpha value is -1.37. The first-order valence-corrected chi connectivity index (χ1v) is 9.21. The van der Waals surface area contributed by atoms with Gasteiger partial charge in [-0.25, -0.2) is 0 Å². The number of para-hydroxylation sites is 3. The molecular weight excluding hydrogens is 423 g/mol. The van der Waals surface area contributed by atoms with E-state index >= 15 is 0 Å². The minimum Gasteiger partial charge on any atom is -0.495 e. The van der Waals surface area contributed by atoms with Gasteiger partial charge in [0.25, 0.3) is 0 Å². The number of β-amino-alcohol motifs (C(OH)–C–C–N with tert-alkyl or cyclic N) is 1. The molecule has 2 aromatic carbocycles. The number of aliphatic hydroxyl groups is 1. The van der Waals surface area contributed by atoms with E-state index < -0.39 is 6.10 Å². The third-order valence-corrected chi connectivity index (χ3v) is 4.85. The summed E-state index contributed by atoms with van der Waals surface area (Å²) in [5.41, 5.74) is 1.12. The summed E-state index contributed by atoms with van der Waals surface area (Å²) in [5.74, 6) is 1.50. The first-order valence-electron chi connectivity index (χ1n) is 8.83. The number of rotatable bonds is 7. The fraction of sp³-hybridized carbons (Fsp3) is 0.400. The van der Waals surface area contributed by atoms with Gasteiger partial charge in [0.1, 0.15) is 24.2 Å². The third-order valence-electron chi connectivity index (χ3n) is 4.53. The van der Waals surface area contributed by atoms with E-state index in [1.54, 1.807) is 19.2 Å². The quantitative estimate of drug-likeness (QED) is 0.697. The molecule has 0 saturated carbocycles. The predicted molar refractivity (Wildman–Crippen MR) is 119 cm³/mol. The molecule has 1 fully saturated rings. The molecule has 2 aromatic rings. The van der Waals surface area contributed by atoms with Gasteiger partial charge >= 0.3 is 0 Å². The lowest BCUT2D eigenvalue weighted by atomic mass is 10.2. The molecule has 0 radical (unpaired) electrons. The van der Waals surface area contributed by atoms with Crippen molar-refractivity contribution in [1.82, 2.24) is 4.90 Å². The summed E-state index contributed by atoms with van der Waals surface area (Å²) >= 11 is 6.07. The number of halogens is 3. The Morgan fingerprint density at radius 3 is 2.21 bits per heavy atom. The number of piperazine rings is 1. The molecular formula is C20H27Cl3N2O3. The van der Waals surface area contributed by atoms with E-state index in [4.69, 9.17) is 21.1 Å². The topological polar surface area (TPSA) is 45.2 Å². The maximum atomic E-state index is 10.3. The lowest BCUT2D eigenvalue weighted by molar-refractivity contribution is 0.0663. The van der Waals surface area contributed by atoms with Gasteiger partial charge in [-0.2, -0.15) is 0 Å².